The van der Waals surface area contributed by atoms with Gasteiger partial charge in [0.25, 0.3) is 0 Å². The number of imide groups is 1. The standard InChI is InChI=1S/C39H49N5O7.C24H25N5O.2O2S/c1-24(2)26-17-19-28(20-18-26)30-22-40-33(44(35(46)49-38(6,7)8)36(47)50-39(9,10)11)32(41-30)31-21-29(42-51-31)27-15-13-25(14-16-27)23-43(12)34(45)48-37(3,4)5;1-15(2)17-8-10-19(11-9-17)21-14-27-24(25)23(28-21)22-12-20(29-30-22)18-6-4-16(5-7-18)13-26-3;2*1-3-2/h13-22,24H,23H2,1-12H3;4-12,14-15,26H,13H2,1-3H3,(H2,25,27);;. The van der Waals surface area contributed by atoms with Crippen molar-refractivity contribution in [2.75, 3.05) is 24.7 Å². The van der Waals surface area contributed by atoms with E-state index in [-0.39, 0.29) is 17.3 Å². The van der Waals surface area contributed by atoms with Gasteiger partial charge in [-0.15, -0.1) is 0 Å². The molecule has 0 saturated carbocycles. The molecule has 3 N–H and O–H groups in total. The molecule has 0 aliphatic heterocycles. The first-order valence-corrected chi connectivity index (χ1v) is 28.8. The zero-order chi connectivity index (χ0) is 64.4. The number of rotatable bonds is 13. The van der Waals surface area contributed by atoms with E-state index >= 15 is 0 Å². The Balaban J connectivity index is 0.000000323. The number of nitrogens with zero attached hydrogens (tertiary/aromatic N) is 8. The first kappa shape index (κ1) is 68.6. The molecule has 8 aromatic rings. The molecule has 0 aliphatic carbocycles. The van der Waals surface area contributed by atoms with Gasteiger partial charge in [0, 0.05) is 54.5 Å². The van der Waals surface area contributed by atoms with E-state index in [4.69, 9.17) is 55.8 Å². The van der Waals surface area contributed by atoms with E-state index in [9.17, 15) is 14.4 Å². The summed E-state index contributed by atoms with van der Waals surface area (Å²) in [7, 11) is 3.60. The second-order valence-corrected chi connectivity index (χ2v) is 23.6. The molecule has 22 nitrogen and oxygen atoms in total. The Hall–Kier alpha value is -9.13. The average Bonchev–Trinajstić information content (AvgIpc) is 2.15. The van der Waals surface area contributed by atoms with E-state index < -0.39 is 58.2 Å². The van der Waals surface area contributed by atoms with Crippen LogP contribution >= 0.6 is 0 Å². The zero-order valence-corrected chi connectivity index (χ0v) is 53.1. The summed E-state index contributed by atoms with van der Waals surface area (Å²) in [4.78, 5) is 60.4. The third-order valence-corrected chi connectivity index (χ3v) is 12.2. The number of benzene rings is 4. The fraction of sp³-hybridized carbons (Fsp3) is 0.349. The number of nitrogens with two attached hydrogens (primary N) is 1. The van der Waals surface area contributed by atoms with Gasteiger partial charge in [0.05, 0.1) is 23.8 Å². The minimum atomic E-state index is -0.993. The van der Waals surface area contributed by atoms with Crippen LogP contribution in [0.15, 0.2) is 131 Å². The molecular weight excluding hydrogens is 1150 g/mol. The van der Waals surface area contributed by atoms with Gasteiger partial charge in [-0.25, -0.2) is 34.3 Å². The van der Waals surface area contributed by atoms with Gasteiger partial charge in [0.2, 0.25) is 0 Å². The highest BCUT2D eigenvalue weighted by Gasteiger charge is 2.37. The summed E-state index contributed by atoms with van der Waals surface area (Å²) in [6, 6.07) is 35.4. The SMILES string of the molecule is CC(C)c1ccc(-c2cnc(N(C(=O)OC(C)(C)C)C(=O)OC(C)(C)C)c(-c3cc(-c4ccc(CN(C)C(=O)OC(C)(C)C)cc4)no3)n2)cc1.CNCc1ccc(-c2cc(-c3nc(-c4ccc(C(C)C)cc4)cnc3N)on2)cc1.O=S=O.O=S=O. The van der Waals surface area contributed by atoms with Gasteiger partial charge in [-0.2, -0.15) is 21.7 Å². The van der Waals surface area contributed by atoms with Crippen molar-refractivity contribution in [3.05, 3.63) is 144 Å². The van der Waals surface area contributed by atoms with Crippen LogP contribution in [0.4, 0.5) is 26.0 Å². The van der Waals surface area contributed by atoms with Gasteiger partial charge in [-0.1, -0.05) is 135 Å². The molecule has 0 bridgehead atoms. The van der Waals surface area contributed by atoms with Crippen molar-refractivity contribution in [2.45, 2.75) is 132 Å². The van der Waals surface area contributed by atoms with E-state index in [0.29, 0.717) is 47.0 Å². The molecule has 8 rings (SSSR count). The highest BCUT2D eigenvalue weighted by molar-refractivity contribution is 7.52. The van der Waals surface area contributed by atoms with Crippen LogP contribution in [0, 0.1) is 0 Å². The van der Waals surface area contributed by atoms with Crippen LogP contribution in [0.5, 0.6) is 0 Å². The highest BCUT2D eigenvalue weighted by atomic mass is 32.1. The van der Waals surface area contributed by atoms with E-state index in [1.54, 1.807) is 60.9 Å². The number of carbonyl (C=O) groups is 3. The lowest BCUT2D eigenvalue weighted by atomic mass is 10.0. The van der Waals surface area contributed by atoms with E-state index in [1.165, 1.54) is 22.2 Å². The Morgan fingerprint density at radius 1 is 0.540 bits per heavy atom. The fourth-order valence-corrected chi connectivity index (χ4v) is 8.01. The number of nitrogen functional groups attached to an aromatic ring is 1. The first-order valence-electron chi connectivity index (χ1n) is 27.5. The second kappa shape index (κ2) is 30.8. The topological polar surface area (TPSA) is 295 Å². The molecule has 4 aromatic carbocycles. The van der Waals surface area contributed by atoms with Gasteiger partial charge in [0.15, 0.2) is 34.5 Å². The molecule has 87 heavy (non-hydrogen) atoms. The quantitative estimate of drug-likeness (QED) is 0.101. The molecule has 0 spiro atoms. The number of amides is 3. The van der Waals surface area contributed by atoms with Crippen LogP contribution in [0.25, 0.3) is 67.9 Å². The molecule has 0 unspecified atom stereocenters. The van der Waals surface area contributed by atoms with Crippen molar-refractivity contribution in [2.24, 2.45) is 0 Å². The summed E-state index contributed by atoms with van der Waals surface area (Å²) in [6.07, 6.45) is 0.756. The molecule has 4 heterocycles. The molecule has 0 radical (unpaired) electrons. The minimum absolute atomic E-state index is 0.0755. The van der Waals surface area contributed by atoms with E-state index in [2.05, 4.69) is 89.7 Å². The van der Waals surface area contributed by atoms with Gasteiger partial charge in [-0.05, 0) is 103 Å². The normalized spacial score (nSPS) is 11.2. The third kappa shape index (κ3) is 20.5. The van der Waals surface area contributed by atoms with Crippen LogP contribution in [0.3, 0.4) is 0 Å². The Kier molecular flexibility index (Phi) is 24.3. The lowest BCUT2D eigenvalue weighted by Gasteiger charge is -2.28. The lowest BCUT2D eigenvalue weighted by molar-refractivity contribution is 0.0283. The number of aromatic nitrogens is 6. The van der Waals surface area contributed by atoms with Gasteiger partial charge >= 0.3 is 41.4 Å². The Morgan fingerprint density at radius 3 is 1.30 bits per heavy atom. The Morgan fingerprint density at radius 2 is 0.897 bits per heavy atom. The molecule has 3 amide bonds. The number of anilines is 2. The molecule has 0 fully saturated rings. The van der Waals surface area contributed by atoms with Crippen molar-refractivity contribution in [1.82, 2.24) is 40.5 Å². The predicted octanol–water partition coefficient (Wildman–Crippen LogP) is 13.2. The monoisotopic (exact) mass is 1230 g/mol. The van der Waals surface area contributed by atoms with Gasteiger partial charge in [-0.3, -0.25) is 0 Å². The maximum atomic E-state index is 13.6. The molecule has 4 aromatic heterocycles. The van der Waals surface area contributed by atoms with Crippen LogP contribution in [-0.4, -0.2) is 101 Å². The molecule has 460 valence electrons. The summed E-state index contributed by atoms with van der Waals surface area (Å²) in [5, 5.41) is 11.6. The van der Waals surface area contributed by atoms with Crippen LogP contribution in [0.1, 0.15) is 124 Å². The highest BCUT2D eigenvalue weighted by Crippen LogP contribution is 2.36. The summed E-state index contributed by atoms with van der Waals surface area (Å²) >= 11 is -1.50. The van der Waals surface area contributed by atoms with Crippen molar-refractivity contribution < 1.29 is 54.5 Å². The van der Waals surface area contributed by atoms with Crippen LogP contribution in [0.2, 0.25) is 0 Å². The minimum Gasteiger partial charge on any atom is -0.444 e. The number of nitrogens with one attached hydrogen (secondary N) is 1. The fourth-order valence-electron chi connectivity index (χ4n) is 8.01. The number of hydrogen-bond donors (Lipinski definition) is 2. The number of hydrogen-bond acceptors (Lipinski definition) is 20. The summed E-state index contributed by atoms with van der Waals surface area (Å²) in [5.74, 6) is 1.63. The molecule has 24 heteroatoms. The zero-order valence-electron chi connectivity index (χ0n) is 51.5. The molecular formula is C63H74N10O12S2. The Bertz CT molecular complexity index is 3610. The van der Waals surface area contributed by atoms with Crippen molar-refractivity contribution in [3.8, 4) is 67.9 Å². The third-order valence-electron chi connectivity index (χ3n) is 12.2. The van der Waals surface area contributed by atoms with Gasteiger partial charge < -0.3 is 39.2 Å². The predicted molar refractivity (Wildman–Crippen MR) is 333 cm³/mol. The maximum Gasteiger partial charge on any atom is 0.425 e. The molecule has 0 saturated heterocycles. The van der Waals surface area contributed by atoms with Crippen molar-refractivity contribution >= 4 is 53.1 Å². The molecule has 0 atom stereocenters. The number of ether oxygens (including phenoxy) is 3. The average molecular weight is 1230 g/mol. The lowest BCUT2D eigenvalue weighted by Crippen LogP contribution is -2.44. The van der Waals surface area contributed by atoms with Crippen molar-refractivity contribution in [3.63, 3.8) is 0 Å². The van der Waals surface area contributed by atoms with Crippen LogP contribution in [-0.2, 0) is 50.4 Å². The maximum absolute atomic E-state index is 13.6. The summed E-state index contributed by atoms with van der Waals surface area (Å²) < 4.78 is 61.2. The van der Waals surface area contributed by atoms with Gasteiger partial charge in [0.1, 0.15) is 28.2 Å². The summed E-state index contributed by atoms with van der Waals surface area (Å²) in [5.41, 5.74) is 14.6. The van der Waals surface area contributed by atoms with Crippen molar-refractivity contribution in [1.29, 1.82) is 0 Å². The van der Waals surface area contributed by atoms with E-state index in [0.717, 1.165) is 56.2 Å². The second-order valence-electron chi connectivity index (χ2n) is 23.3. The number of carbonyl (C=O) groups excluding carboxylic acids is 3. The largest absolute Gasteiger partial charge is 0.444 e. The van der Waals surface area contributed by atoms with E-state index in [1.807, 2.05) is 94.5 Å². The Labute approximate surface area is 513 Å². The first-order chi connectivity index (χ1) is 41.0. The molecule has 0 aliphatic rings. The summed E-state index contributed by atoms with van der Waals surface area (Å²) in [6.45, 7) is 25.3. The van der Waals surface area contributed by atoms with Crippen LogP contribution < -0.4 is 16.0 Å². The smallest absolute Gasteiger partial charge is 0.425 e.